The van der Waals surface area contributed by atoms with Crippen molar-refractivity contribution in [2.45, 2.75) is 26.7 Å². The van der Waals surface area contributed by atoms with E-state index in [9.17, 15) is 0 Å². The molecule has 0 saturated heterocycles. The lowest BCUT2D eigenvalue weighted by Gasteiger charge is -2.06. The van der Waals surface area contributed by atoms with Gasteiger partial charge in [0, 0.05) is 31.6 Å². The third-order valence-electron chi connectivity index (χ3n) is 2.66. The van der Waals surface area contributed by atoms with Gasteiger partial charge in [0.2, 0.25) is 0 Å². The fourth-order valence-corrected chi connectivity index (χ4v) is 2.77. The second-order valence-electron chi connectivity index (χ2n) is 4.19. The highest BCUT2D eigenvalue weighted by Crippen LogP contribution is 2.28. The number of thiophene rings is 1. The maximum absolute atomic E-state index is 5.06. The summed E-state index contributed by atoms with van der Waals surface area (Å²) < 4.78 is 5.06. The minimum atomic E-state index is 0.751. The monoisotopic (exact) mass is 265 g/mol. The molecule has 0 spiro atoms. The number of aromatic nitrogens is 2. The number of hydrogen-bond acceptors (Lipinski definition) is 5. The van der Waals surface area contributed by atoms with E-state index in [1.54, 1.807) is 18.4 Å². The van der Waals surface area contributed by atoms with Gasteiger partial charge in [-0.2, -0.15) is 0 Å². The van der Waals surface area contributed by atoms with Gasteiger partial charge in [-0.05, 0) is 26.3 Å². The highest BCUT2D eigenvalue weighted by atomic mass is 32.1. The van der Waals surface area contributed by atoms with Crippen molar-refractivity contribution < 1.29 is 4.74 Å². The molecule has 2 heterocycles. The van der Waals surface area contributed by atoms with Crippen molar-refractivity contribution in [3.05, 3.63) is 16.8 Å². The number of anilines is 1. The molecule has 2 rings (SSSR count). The van der Waals surface area contributed by atoms with Gasteiger partial charge >= 0.3 is 0 Å². The number of nitrogens with zero attached hydrogens (tertiary/aromatic N) is 2. The van der Waals surface area contributed by atoms with Crippen molar-refractivity contribution in [1.82, 2.24) is 9.97 Å². The zero-order valence-corrected chi connectivity index (χ0v) is 11.9. The first-order valence-electron chi connectivity index (χ1n) is 6.24. The number of nitrogens with one attached hydrogen (secondary N) is 1. The molecule has 0 amide bonds. The highest BCUT2D eigenvalue weighted by molar-refractivity contribution is 7.18. The Morgan fingerprint density at radius 3 is 2.94 bits per heavy atom. The van der Waals surface area contributed by atoms with Gasteiger partial charge < -0.3 is 10.1 Å². The average molecular weight is 265 g/mol. The Hall–Kier alpha value is -1.20. The Kier molecular flexibility index (Phi) is 4.49. The van der Waals surface area contributed by atoms with Crippen LogP contribution < -0.4 is 5.32 Å². The maximum Gasteiger partial charge on any atom is 0.138 e. The Bertz CT molecular complexity index is 524. The second-order valence-corrected chi connectivity index (χ2v) is 5.43. The fourth-order valence-electron chi connectivity index (χ4n) is 1.87. The van der Waals surface area contributed by atoms with Crippen molar-refractivity contribution in [3.63, 3.8) is 0 Å². The van der Waals surface area contributed by atoms with Crippen molar-refractivity contribution in [1.29, 1.82) is 0 Å². The number of ether oxygens (including phenoxy) is 1. The van der Waals surface area contributed by atoms with Crippen molar-refractivity contribution in [3.8, 4) is 0 Å². The molecule has 0 aliphatic heterocycles. The summed E-state index contributed by atoms with van der Waals surface area (Å²) in [6.07, 6.45) is 1.82. The molecule has 0 radical (unpaired) electrons. The van der Waals surface area contributed by atoms with Crippen molar-refractivity contribution in [2.24, 2.45) is 0 Å². The number of aryl methyl sites for hydroxylation is 2. The van der Waals surface area contributed by atoms with Gasteiger partial charge in [0.25, 0.3) is 0 Å². The van der Waals surface area contributed by atoms with E-state index in [0.29, 0.717) is 0 Å². The summed E-state index contributed by atoms with van der Waals surface area (Å²) in [5.74, 6) is 1.86. The summed E-state index contributed by atoms with van der Waals surface area (Å²) in [7, 11) is 1.72. The summed E-state index contributed by atoms with van der Waals surface area (Å²) in [5.41, 5.74) is 0. The van der Waals surface area contributed by atoms with Crippen LogP contribution in [0.3, 0.4) is 0 Å². The van der Waals surface area contributed by atoms with E-state index >= 15 is 0 Å². The number of fused-ring (bicyclic) bond motifs is 1. The number of hydrogen-bond donors (Lipinski definition) is 1. The van der Waals surface area contributed by atoms with Crippen LogP contribution in [-0.4, -0.2) is 30.2 Å². The van der Waals surface area contributed by atoms with Crippen molar-refractivity contribution in [2.75, 3.05) is 25.6 Å². The van der Waals surface area contributed by atoms with Crippen LogP contribution in [0.5, 0.6) is 0 Å². The van der Waals surface area contributed by atoms with Gasteiger partial charge in [0.1, 0.15) is 16.5 Å². The lowest BCUT2D eigenvalue weighted by molar-refractivity contribution is 0.194. The van der Waals surface area contributed by atoms with Crippen LogP contribution in [0.15, 0.2) is 6.07 Å². The third-order valence-corrected chi connectivity index (χ3v) is 3.60. The van der Waals surface area contributed by atoms with E-state index in [-0.39, 0.29) is 0 Å². The summed E-state index contributed by atoms with van der Waals surface area (Å²) in [5, 5.41) is 4.45. The first-order valence-corrected chi connectivity index (χ1v) is 7.06. The quantitative estimate of drug-likeness (QED) is 0.816. The smallest absolute Gasteiger partial charge is 0.138 e. The molecule has 0 unspecified atom stereocenters. The Labute approximate surface area is 111 Å². The topological polar surface area (TPSA) is 47.0 Å². The van der Waals surface area contributed by atoms with Crippen LogP contribution in [0, 0.1) is 6.92 Å². The molecule has 98 valence electrons. The van der Waals surface area contributed by atoms with Crippen molar-refractivity contribution >= 4 is 27.4 Å². The Morgan fingerprint density at radius 1 is 1.39 bits per heavy atom. The van der Waals surface area contributed by atoms with Gasteiger partial charge in [-0.15, -0.1) is 11.3 Å². The largest absolute Gasteiger partial charge is 0.385 e. The first-order chi connectivity index (χ1) is 8.74. The molecule has 18 heavy (non-hydrogen) atoms. The summed E-state index contributed by atoms with van der Waals surface area (Å²) in [6, 6.07) is 2.15. The number of methoxy groups -OCH3 is 1. The van der Waals surface area contributed by atoms with Gasteiger partial charge in [-0.1, -0.05) is 0 Å². The zero-order valence-electron chi connectivity index (χ0n) is 11.1. The van der Waals surface area contributed by atoms with Crippen LogP contribution in [-0.2, 0) is 11.2 Å². The van der Waals surface area contributed by atoms with Crippen LogP contribution in [0.1, 0.15) is 24.0 Å². The molecule has 2 aromatic rings. The molecule has 0 fully saturated rings. The molecule has 0 atom stereocenters. The van der Waals surface area contributed by atoms with Gasteiger partial charge in [-0.25, -0.2) is 9.97 Å². The van der Waals surface area contributed by atoms with Gasteiger partial charge in [0.15, 0.2) is 0 Å². The summed E-state index contributed by atoms with van der Waals surface area (Å²) >= 11 is 1.72. The van der Waals surface area contributed by atoms with E-state index in [1.165, 1.54) is 4.88 Å². The first kappa shape index (κ1) is 13.2. The third kappa shape index (κ3) is 2.97. The van der Waals surface area contributed by atoms with Gasteiger partial charge in [0.05, 0.1) is 5.39 Å². The van der Waals surface area contributed by atoms with Crippen LogP contribution in [0.4, 0.5) is 5.82 Å². The van der Waals surface area contributed by atoms with Gasteiger partial charge in [-0.3, -0.25) is 0 Å². The molecule has 0 aliphatic rings. The van der Waals surface area contributed by atoms with E-state index in [1.807, 2.05) is 0 Å². The number of rotatable bonds is 6. The highest BCUT2D eigenvalue weighted by Gasteiger charge is 2.09. The molecule has 0 aromatic carbocycles. The predicted octanol–water partition coefficient (Wildman–Crippen LogP) is 3.01. The van der Waals surface area contributed by atoms with Crippen LogP contribution >= 0.6 is 11.3 Å². The Balaban J connectivity index is 2.30. The summed E-state index contributed by atoms with van der Waals surface area (Å²) in [6.45, 7) is 5.81. The molecule has 0 aliphatic carbocycles. The molecule has 1 N–H and O–H groups in total. The maximum atomic E-state index is 5.06. The lowest BCUT2D eigenvalue weighted by Crippen LogP contribution is -2.04. The van der Waals surface area contributed by atoms with E-state index in [0.717, 1.165) is 47.9 Å². The van der Waals surface area contributed by atoms with Crippen LogP contribution in [0.2, 0.25) is 0 Å². The minimum absolute atomic E-state index is 0.751. The minimum Gasteiger partial charge on any atom is -0.385 e. The van der Waals surface area contributed by atoms with Crippen LogP contribution in [0.25, 0.3) is 10.2 Å². The molecule has 5 heteroatoms. The second kappa shape index (κ2) is 6.11. The average Bonchev–Trinajstić information content (AvgIpc) is 2.70. The zero-order chi connectivity index (χ0) is 13.0. The molecule has 0 saturated carbocycles. The standard InChI is InChI=1S/C13H19N3OS/c1-4-14-12-10-8-9(2)18-13(10)16-11(15-12)6-5-7-17-3/h8H,4-7H2,1-3H3,(H,14,15,16). The molecule has 2 aromatic heterocycles. The molecule has 0 bridgehead atoms. The molecular weight excluding hydrogens is 246 g/mol. The lowest BCUT2D eigenvalue weighted by atomic mass is 10.3. The normalized spacial score (nSPS) is 11.1. The fraction of sp³-hybridized carbons (Fsp3) is 0.538. The molecule has 4 nitrogen and oxygen atoms in total. The predicted molar refractivity (Wildman–Crippen MR) is 76.5 cm³/mol. The molecular formula is C13H19N3OS. The Morgan fingerprint density at radius 2 is 2.22 bits per heavy atom. The van der Waals surface area contributed by atoms with E-state index in [2.05, 4.69) is 35.2 Å². The van der Waals surface area contributed by atoms with E-state index in [4.69, 9.17) is 4.74 Å². The SMILES string of the molecule is CCNc1nc(CCCOC)nc2sc(C)cc12. The van der Waals surface area contributed by atoms with E-state index < -0.39 is 0 Å². The summed E-state index contributed by atoms with van der Waals surface area (Å²) in [4.78, 5) is 11.6.